The topological polar surface area (TPSA) is 26.3 Å². The Morgan fingerprint density at radius 2 is 0.850 bits per heavy atom. The summed E-state index contributed by atoms with van der Waals surface area (Å²) in [7, 11) is -2.88. The summed E-state index contributed by atoms with van der Waals surface area (Å²) in [5, 5.41) is 3.00. The van der Waals surface area contributed by atoms with Crippen LogP contribution in [-0.2, 0) is 20.4 Å². The van der Waals surface area contributed by atoms with Crippen molar-refractivity contribution in [2.24, 2.45) is 0 Å². The van der Waals surface area contributed by atoms with E-state index in [-0.39, 0.29) is 24.8 Å². The van der Waals surface area contributed by atoms with Crippen LogP contribution in [0.4, 0.5) is 0 Å². The molecule has 2 aliphatic carbocycles. The van der Waals surface area contributed by atoms with Crippen LogP contribution in [0.15, 0.2) is 93.8 Å². The van der Waals surface area contributed by atoms with Crippen LogP contribution >= 0.6 is 24.8 Å². The molecule has 312 valence electrons. The van der Waals surface area contributed by atoms with Gasteiger partial charge in [0, 0.05) is 0 Å². The monoisotopic (exact) mass is 962 g/mol. The van der Waals surface area contributed by atoms with Crippen LogP contribution in [0.1, 0.15) is 74.8 Å². The fourth-order valence-electron chi connectivity index (χ4n) is 9.57. The summed E-state index contributed by atoms with van der Waals surface area (Å²) in [6.45, 7) is 33.4. The van der Waals surface area contributed by atoms with Gasteiger partial charge in [-0.15, -0.1) is 24.8 Å². The largest absolute Gasteiger partial charge is 0.147 e. The van der Waals surface area contributed by atoms with E-state index in [0.29, 0.717) is 7.25 Å². The molecule has 0 saturated carbocycles. The smallest absolute Gasteiger partial charge is 0.147 e. The molecule has 0 fully saturated rings. The number of halogens is 2. The van der Waals surface area contributed by atoms with Crippen molar-refractivity contribution in [3.8, 4) is 22.3 Å². The predicted octanol–water partition coefficient (Wildman–Crippen LogP) is 14.8. The van der Waals surface area contributed by atoms with Gasteiger partial charge >= 0.3 is 360 Å². The van der Waals surface area contributed by atoms with Crippen LogP contribution in [0.5, 0.6) is 0 Å². The Kier molecular flexibility index (Phi) is 13.4. The first-order chi connectivity index (χ1) is 27.3. The minimum absolute atomic E-state index is 0. The zero-order valence-corrected chi connectivity index (χ0v) is 45.1. The average Bonchev–Trinajstić information content (AvgIpc) is 3.95. The van der Waals surface area contributed by atoms with Crippen LogP contribution in [0.2, 0.25) is 52.4 Å². The number of hydrogen-bond acceptors (Lipinski definition) is 2. The number of aryl methyl sites for hydroxylation is 4. The maximum atomic E-state index is 6.66. The molecular formula is C52H62Cl2O2Si3Zr. The summed E-state index contributed by atoms with van der Waals surface area (Å²) >= 11 is -2.72. The first-order valence-corrected chi connectivity index (χ1v) is 37.1. The molecular weight excluding hydrogens is 903 g/mol. The third-order valence-electron chi connectivity index (χ3n) is 13.0. The number of allylic oxidation sites excluding steroid dienone is 2. The first kappa shape index (κ1) is 46.5. The SMILES string of the molecule is Cc1ccc(C2=Cc3c(cc(C)c(C)c3-c3ccc([Si](C)(C)C)cc3)[CH]2[Zr]([CH]2C(c3ccc(C)o3)=Cc3c2cc(C)c(C)c3-c2ccc([Si](C)(C)C)cc2)=[Si](C)C)o1.Cl.Cl. The average molecular weight is 965 g/mol. The number of rotatable bonds is 8. The molecule has 0 aliphatic heterocycles. The molecule has 0 N–H and O–H groups in total. The molecule has 2 atom stereocenters. The molecule has 60 heavy (non-hydrogen) atoms. The van der Waals surface area contributed by atoms with E-state index in [1.807, 2.05) is 0 Å². The fourth-order valence-corrected chi connectivity index (χ4v) is 31.6. The molecule has 0 saturated heterocycles. The summed E-state index contributed by atoms with van der Waals surface area (Å²) in [6, 6.07) is 33.2. The van der Waals surface area contributed by atoms with Crippen LogP contribution in [-0.4, -0.2) is 21.6 Å². The van der Waals surface area contributed by atoms with E-state index in [9.17, 15) is 0 Å². The number of benzene rings is 4. The van der Waals surface area contributed by atoms with Crippen molar-refractivity contribution in [1.29, 1.82) is 0 Å². The number of furan rings is 2. The Bertz CT molecular complexity index is 2530. The number of hydrogen-bond donors (Lipinski definition) is 0. The van der Waals surface area contributed by atoms with E-state index >= 15 is 0 Å². The van der Waals surface area contributed by atoms with Crippen LogP contribution in [0.3, 0.4) is 0 Å². The van der Waals surface area contributed by atoms with Crippen LogP contribution in [0.25, 0.3) is 45.6 Å². The zero-order chi connectivity index (χ0) is 41.6. The van der Waals surface area contributed by atoms with Crippen molar-refractivity contribution in [1.82, 2.24) is 0 Å². The molecule has 2 nitrogen and oxygen atoms in total. The fraction of sp³-hybridized carbons (Fsp3) is 0.308. The van der Waals surface area contributed by atoms with E-state index in [2.05, 4.69) is 191 Å². The summed E-state index contributed by atoms with van der Waals surface area (Å²) in [4.78, 5) is 0. The molecule has 0 spiro atoms. The summed E-state index contributed by atoms with van der Waals surface area (Å²) < 4.78 is 14.0. The molecule has 2 aromatic heterocycles. The normalized spacial score (nSPS) is 15.8. The van der Waals surface area contributed by atoms with Gasteiger partial charge in [-0.2, -0.15) is 0 Å². The summed E-state index contributed by atoms with van der Waals surface area (Å²) in [6.07, 6.45) is 5.11. The molecule has 2 aliphatic rings. The van der Waals surface area contributed by atoms with E-state index in [0.717, 1.165) is 23.0 Å². The predicted molar refractivity (Wildman–Crippen MR) is 269 cm³/mol. The van der Waals surface area contributed by atoms with Gasteiger partial charge in [0.25, 0.3) is 0 Å². The Hall–Kier alpha value is -2.97. The summed E-state index contributed by atoms with van der Waals surface area (Å²) in [5.74, 6) is 4.02. The van der Waals surface area contributed by atoms with Crippen molar-refractivity contribution >= 4 is 80.1 Å². The quantitative estimate of drug-likeness (QED) is 0.142. The second-order valence-electron chi connectivity index (χ2n) is 19.4. The molecule has 0 bridgehead atoms. The minimum atomic E-state index is -2.72. The number of fused-ring (bicyclic) bond motifs is 2. The maximum Gasteiger partial charge on any atom is -0.147 e. The van der Waals surface area contributed by atoms with Gasteiger partial charge in [0.1, 0.15) is 0 Å². The van der Waals surface area contributed by atoms with E-state index in [4.69, 9.17) is 8.83 Å². The van der Waals surface area contributed by atoms with Crippen molar-refractivity contribution in [3.05, 3.63) is 152 Å². The zero-order valence-electron chi connectivity index (χ0n) is 38.0. The maximum absolute atomic E-state index is 6.66. The summed E-state index contributed by atoms with van der Waals surface area (Å²) in [5.41, 5.74) is 18.8. The molecule has 0 amide bonds. The van der Waals surface area contributed by atoms with E-state index < -0.39 is 41.9 Å². The molecule has 0 radical (unpaired) electrons. The third kappa shape index (κ3) is 8.31. The molecule has 2 heterocycles. The van der Waals surface area contributed by atoms with Gasteiger partial charge in [-0.3, -0.25) is 0 Å². The van der Waals surface area contributed by atoms with Crippen LogP contribution in [0, 0.1) is 41.5 Å². The second-order valence-corrected chi connectivity index (χ2v) is 47.4. The van der Waals surface area contributed by atoms with Crippen molar-refractivity contribution in [2.45, 2.75) is 101 Å². The molecule has 4 aromatic carbocycles. The van der Waals surface area contributed by atoms with Gasteiger partial charge in [0.2, 0.25) is 0 Å². The Labute approximate surface area is 382 Å². The van der Waals surface area contributed by atoms with Crippen LogP contribution < -0.4 is 10.4 Å². The first-order valence-electron chi connectivity index (χ1n) is 21.1. The van der Waals surface area contributed by atoms with Crippen molar-refractivity contribution in [2.75, 3.05) is 0 Å². The Balaban J connectivity index is 0.00000302. The van der Waals surface area contributed by atoms with Gasteiger partial charge in [-0.1, -0.05) is 0 Å². The van der Waals surface area contributed by atoms with Gasteiger partial charge in [-0.05, 0) is 0 Å². The van der Waals surface area contributed by atoms with Gasteiger partial charge in [-0.25, -0.2) is 0 Å². The minimum Gasteiger partial charge on any atom is -0.147 e. The van der Waals surface area contributed by atoms with Crippen molar-refractivity contribution < 1.29 is 29.2 Å². The van der Waals surface area contributed by atoms with Gasteiger partial charge in [0.15, 0.2) is 0 Å². The van der Waals surface area contributed by atoms with Gasteiger partial charge < -0.3 is 0 Å². The van der Waals surface area contributed by atoms with E-state index in [1.165, 1.54) is 88.3 Å². The van der Waals surface area contributed by atoms with E-state index in [1.54, 1.807) is 0 Å². The molecule has 6 aromatic rings. The Morgan fingerprint density at radius 1 is 0.500 bits per heavy atom. The standard InChI is InChI=1S/2C25H27OSi.C2H6Si.2ClH.Zr/c2*1-16-13-20-14-21(24-12-7-17(2)26-24)15-23(20)25(18(16)3)19-8-10-22(11-9-19)27(4,5)6;1-3-2;;;/h2*7-15H,1-6H3;1-2H3;2*1H;. The molecule has 8 heteroatoms. The molecule has 8 rings (SSSR count). The third-order valence-corrected chi connectivity index (χ3v) is 36.3. The van der Waals surface area contributed by atoms with Gasteiger partial charge in [0.05, 0.1) is 0 Å². The van der Waals surface area contributed by atoms with Crippen molar-refractivity contribution in [3.63, 3.8) is 0 Å². The second kappa shape index (κ2) is 17.3. The Morgan fingerprint density at radius 3 is 1.13 bits per heavy atom. The molecule has 2 unspecified atom stereocenters.